The van der Waals surface area contributed by atoms with E-state index in [1.807, 2.05) is 18.3 Å². The Balaban J connectivity index is 0.000000470. The molecule has 2 aliphatic rings. The van der Waals surface area contributed by atoms with Gasteiger partial charge in [-0.05, 0) is 74.4 Å². The number of nitriles is 1. The molecule has 0 unspecified atom stereocenters. The zero-order valence-corrected chi connectivity index (χ0v) is 21.5. The number of carbonyl (C=O) groups is 2. The summed E-state index contributed by atoms with van der Waals surface area (Å²) in [5, 5.41) is 19.1. The molecular formula is C27H28F3N7O3. The van der Waals surface area contributed by atoms with Gasteiger partial charge >= 0.3 is 12.1 Å². The maximum Gasteiger partial charge on any atom is 0.490 e. The molecule has 1 saturated heterocycles. The first-order valence-corrected chi connectivity index (χ1v) is 12.7. The van der Waals surface area contributed by atoms with Crippen molar-refractivity contribution in [3.8, 4) is 6.07 Å². The van der Waals surface area contributed by atoms with Crippen LogP contribution in [0.4, 0.5) is 18.9 Å². The number of nitrogens with zero attached hydrogens (tertiary/aromatic N) is 4. The highest BCUT2D eigenvalue weighted by atomic mass is 19.4. The van der Waals surface area contributed by atoms with Gasteiger partial charge in [0.1, 0.15) is 17.6 Å². The third-order valence-electron chi connectivity index (χ3n) is 6.82. The standard InChI is InChI=1S/C25H27N7O.C2HF3O2/c26-14-20-15-29-24(30-20)25(33)31-22-6-5-19(13-21(22)18-3-1-2-4-18)17-7-11-32(12-8-17)16-23-27-9-10-28-23;3-2(4,5)1(6)7/h3,5-6,9-10,13,15,17H,1-2,4,7-8,11-12,16H2,(H,27,28)(H,29,30)(H,31,33);(H,6,7). The number of H-pyrrole nitrogens is 2. The van der Waals surface area contributed by atoms with Crippen molar-refractivity contribution in [3.05, 3.63) is 71.3 Å². The first-order valence-electron chi connectivity index (χ1n) is 12.7. The van der Waals surface area contributed by atoms with Crippen LogP contribution in [0.25, 0.3) is 5.57 Å². The summed E-state index contributed by atoms with van der Waals surface area (Å²) in [5.41, 5.74) is 4.79. The fourth-order valence-corrected chi connectivity index (χ4v) is 4.80. The zero-order valence-electron chi connectivity index (χ0n) is 21.5. The van der Waals surface area contributed by atoms with Crippen LogP contribution in [-0.4, -0.2) is 61.1 Å². The normalized spacial score (nSPS) is 16.0. The minimum atomic E-state index is -5.08. The first kappa shape index (κ1) is 28.6. The molecule has 40 heavy (non-hydrogen) atoms. The van der Waals surface area contributed by atoms with Gasteiger partial charge in [0.25, 0.3) is 5.91 Å². The topological polar surface area (TPSA) is 151 Å². The van der Waals surface area contributed by atoms with Crippen LogP contribution in [0.3, 0.4) is 0 Å². The number of hydrogen-bond acceptors (Lipinski definition) is 6. The predicted molar refractivity (Wildman–Crippen MR) is 139 cm³/mol. The highest BCUT2D eigenvalue weighted by molar-refractivity contribution is 6.03. The van der Waals surface area contributed by atoms with Crippen molar-refractivity contribution in [1.82, 2.24) is 24.8 Å². The van der Waals surface area contributed by atoms with Gasteiger partial charge in [-0.15, -0.1) is 0 Å². The molecule has 0 spiro atoms. The number of piperidine rings is 1. The predicted octanol–water partition coefficient (Wildman–Crippen LogP) is 4.84. The Hall–Kier alpha value is -4.44. The summed E-state index contributed by atoms with van der Waals surface area (Å²) < 4.78 is 31.7. The Morgan fingerprint density at radius 2 is 1.98 bits per heavy atom. The maximum absolute atomic E-state index is 12.7. The molecule has 5 rings (SSSR count). The zero-order chi connectivity index (χ0) is 28.7. The van der Waals surface area contributed by atoms with Crippen molar-refractivity contribution < 1.29 is 27.9 Å². The number of aromatic nitrogens is 4. The average molecular weight is 556 g/mol. The number of alkyl halides is 3. The summed E-state index contributed by atoms with van der Waals surface area (Å²) in [4.78, 5) is 38.4. The number of anilines is 1. The van der Waals surface area contributed by atoms with Crippen molar-refractivity contribution in [2.75, 3.05) is 18.4 Å². The Labute approximate surface area is 227 Å². The van der Waals surface area contributed by atoms with Gasteiger partial charge in [-0.1, -0.05) is 12.1 Å². The van der Waals surface area contributed by atoms with Crippen molar-refractivity contribution >= 4 is 23.1 Å². The second-order valence-electron chi connectivity index (χ2n) is 9.53. The fourth-order valence-electron chi connectivity index (χ4n) is 4.80. The molecule has 1 fully saturated rings. The molecule has 4 N–H and O–H groups in total. The lowest BCUT2D eigenvalue weighted by Gasteiger charge is -2.32. The lowest BCUT2D eigenvalue weighted by molar-refractivity contribution is -0.192. The van der Waals surface area contributed by atoms with E-state index in [1.165, 1.54) is 17.3 Å². The fraction of sp³-hybridized carbons (Fsp3) is 0.370. The van der Waals surface area contributed by atoms with E-state index in [-0.39, 0.29) is 17.4 Å². The van der Waals surface area contributed by atoms with Crippen molar-refractivity contribution in [2.45, 2.75) is 50.7 Å². The van der Waals surface area contributed by atoms with E-state index in [2.05, 4.69) is 48.4 Å². The van der Waals surface area contributed by atoms with Gasteiger partial charge in [0.2, 0.25) is 0 Å². The van der Waals surface area contributed by atoms with Gasteiger partial charge in [-0.25, -0.2) is 14.8 Å². The van der Waals surface area contributed by atoms with Gasteiger partial charge in [0.15, 0.2) is 5.82 Å². The number of benzene rings is 1. The number of allylic oxidation sites excluding steroid dienone is 2. The molecule has 0 atom stereocenters. The number of rotatable bonds is 6. The minimum Gasteiger partial charge on any atom is -0.475 e. The van der Waals surface area contributed by atoms with Crippen molar-refractivity contribution in [1.29, 1.82) is 5.26 Å². The van der Waals surface area contributed by atoms with E-state index in [0.717, 1.165) is 68.8 Å². The molecule has 2 aromatic heterocycles. The number of halogens is 3. The number of aliphatic carboxylic acids is 1. The van der Waals surface area contributed by atoms with Crippen molar-refractivity contribution in [3.63, 3.8) is 0 Å². The first-order chi connectivity index (χ1) is 19.1. The van der Waals surface area contributed by atoms with Crippen LogP contribution in [0.1, 0.15) is 71.3 Å². The highest BCUT2D eigenvalue weighted by Gasteiger charge is 2.38. The molecule has 0 bridgehead atoms. The van der Waals surface area contributed by atoms with E-state index in [9.17, 15) is 18.0 Å². The maximum atomic E-state index is 12.7. The summed E-state index contributed by atoms with van der Waals surface area (Å²) in [6.07, 6.45) is 7.68. The lowest BCUT2D eigenvalue weighted by atomic mass is 9.87. The van der Waals surface area contributed by atoms with E-state index in [1.54, 1.807) is 6.20 Å². The Kier molecular flexibility index (Phi) is 9.00. The number of aromatic amines is 2. The highest BCUT2D eigenvalue weighted by Crippen LogP contribution is 2.37. The number of likely N-dealkylation sites (tertiary alicyclic amines) is 1. The second-order valence-corrected chi connectivity index (χ2v) is 9.53. The van der Waals surface area contributed by atoms with Crippen LogP contribution in [0, 0.1) is 11.3 Å². The van der Waals surface area contributed by atoms with Crippen LogP contribution in [0.2, 0.25) is 0 Å². The van der Waals surface area contributed by atoms with Crippen molar-refractivity contribution in [2.24, 2.45) is 0 Å². The van der Waals surface area contributed by atoms with Gasteiger partial charge in [-0.2, -0.15) is 18.4 Å². The lowest BCUT2D eigenvalue weighted by Crippen LogP contribution is -2.32. The smallest absolute Gasteiger partial charge is 0.475 e. The number of hydrogen-bond donors (Lipinski definition) is 4. The summed E-state index contributed by atoms with van der Waals surface area (Å²) in [6.45, 7) is 2.95. The molecule has 3 heterocycles. The molecule has 1 amide bonds. The summed E-state index contributed by atoms with van der Waals surface area (Å²) in [6, 6.07) is 8.39. The minimum absolute atomic E-state index is 0.144. The Bertz CT molecular complexity index is 1400. The number of carboxylic acid groups (broad SMARTS) is 1. The summed E-state index contributed by atoms with van der Waals surface area (Å²) >= 11 is 0. The molecule has 210 valence electrons. The molecule has 0 saturated carbocycles. The number of carboxylic acids is 1. The molecule has 3 aromatic rings. The average Bonchev–Trinajstić information content (AvgIpc) is 3.73. The summed E-state index contributed by atoms with van der Waals surface area (Å²) in [7, 11) is 0. The van der Waals surface area contributed by atoms with E-state index >= 15 is 0 Å². The van der Waals surface area contributed by atoms with E-state index in [0.29, 0.717) is 5.92 Å². The SMILES string of the molecule is N#Cc1cnc(C(=O)Nc2ccc(C3CCN(Cc4ncc[nH]4)CC3)cc2C2=CCCC2)[nH]1.O=C(O)C(F)(F)F. The Morgan fingerprint density at radius 3 is 2.55 bits per heavy atom. The quantitative estimate of drug-likeness (QED) is 0.340. The van der Waals surface area contributed by atoms with E-state index < -0.39 is 12.1 Å². The van der Waals surface area contributed by atoms with E-state index in [4.69, 9.17) is 15.2 Å². The molecule has 1 aliphatic heterocycles. The molecular weight excluding hydrogens is 527 g/mol. The van der Waals surface area contributed by atoms with Gasteiger partial charge in [-0.3, -0.25) is 9.69 Å². The summed E-state index contributed by atoms with van der Waals surface area (Å²) in [5.74, 6) is -1.43. The van der Waals surface area contributed by atoms with Gasteiger partial charge in [0, 0.05) is 23.6 Å². The monoisotopic (exact) mass is 555 g/mol. The van der Waals surface area contributed by atoms with Gasteiger partial charge in [0.05, 0.1) is 12.7 Å². The second kappa shape index (κ2) is 12.6. The third-order valence-corrected chi connectivity index (χ3v) is 6.82. The molecule has 1 aromatic carbocycles. The number of nitrogens with one attached hydrogen (secondary N) is 3. The largest absolute Gasteiger partial charge is 0.490 e. The number of imidazole rings is 2. The third kappa shape index (κ3) is 7.35. The van der Waals surface area contributed by atoms with Crippen LogP contribution in [0.15, 0.2) is 42.9 Å². The van der Waals surface area contributed by atoms with Crippen LogP contribution < -0.4 is 5.32 Å². The van der Waals surface area contributed by atoms with Crippen LogP contribution in [0.5, 0.6) is 0 Å². The number of amides is 1. The molecule has 1 aliphatic carbocycles. The van der Waals surface area contributed by atoms with Gasteiger partial charge < -0.3 is 20.4 Å². The van der Waals surface area contributed by atoms with Crippen LogP contribution in [-0.2, 0) is 11.3 Å². The molecule has 10 nitrogen and oxygen atoms in total. The Morgan fingerprint density at radius 1 is 1.23 bits per heavy atom. The molecule has 0 radical (unpaired) electrons. The van der Waals surface area contributed by atoms with Crippen LogP contribution >= 0.6 is 0 Å². The number of carbonyl (C=O) groups excluding carboxylic acids is 1. The molecule has 13 heteroatoms.